The van der Waals surface area contributed by atoms with E-state index in [1.165, 1.54) is 13.2 Å². The number of esters is 1. The number of carbonyl (C=O) groups excluding carboxylic acids is 1. The maximum Gasteiger partial charge on any atom is 0.339 e. The summed E-state index contributed by atoms with van der Waals surface area (Å²) in [7, 11) is 1.24. The summed E-state index contributed by atoms with van der Waals surface area (Å²) < 4.78 is 4.57. The minimum atomic E-state index is -0.639. The molecule has 2 N–H and O–H groups in total. The molecule has 0 spiro atoms. The second-order valence-corrected chi connectivity index (χ2v) is 3.42. The first-order chi connectivity index (χ1) is 8.02. The number of aromatic nitrogens is 3. The maximum atomic E-state index is 11.5. The van der Waals surface area contributed by atoms with Crippen LogP contribution in [0.5, 0.6) is 0 Å². The molecule has 0 bridgehead atoms. The zero-order valence-corrected chi connectivity index (χ0v) is 9.16. The molecule has 7 heteroatoms. The number of fused-ring (bicyclic) bond motifs is 1. The van der Waals surface area contributed by atoms with Gasteiger partial charge in [-0.2, -0.15) is 0 Å². The fourth-order valence-corrected chi connectivity index (χ4v) is 1.50. The standard InChI is InChI=1S/C10H9N3O4/c1-4-5(9(15)17-2)3-6-7(11-4)12-10(16)13-8(6)14/h3H,1-2H3,(H2,11,12,13,14,16). The van der Waals surface area contributed by atoms with Crippen LogP contribution in [0.15, 0.2) is 15.7 Å². The average molecular weight is 235 g/mol. The summed E-state index contributed by atoms with van der Waals surface area (Å²) in [6, 6.07) is 1.35. The molecule has 0 unspecified atom stereocenters. The van der Waals surface area contributed by atoms with Crippen molar-refractivity contribution in [2.24, 2.45) is 0 Å². The topological polar surface area (TPSA) is 105 Å². The van der Waals surface area contributed by atoms with Crippen molar-refractivity contribution in [1.82, 2.24) is 15.0 Å². The van der Waals surface area contributed by atoms with Crippen molar-refractivity contribution in [3.05, 3.63) is 38.2 Å². The van der Waals surface area contributed by atoms with E-state index in [4.69, 9.17) is 0 Å². The highest BCUT2D eigenvalue weighted by Crippen LogP contribution is 2.11. The Morgan fingerprint density at radius 3 is 2.71 bits per heavy atom. The average Bonchev–Trinajstić information content (AvgIpc) is 2.27. The first-order valence-corrected chi connectivity index (χ1v) is 4.75. The number of nitrogens with one attached hydrogen (secondary N) is 2. The molecule has 2 aromatic heterocycles. The maximum absolute atomic E-state index is 11.5. The van der Waals surface area contributed by atoms with Crippen molar-refractivity contribution < 1.29 is 9.53 Å². The summed E-state index contributed by atoms with van der Waals surface area (Å²) in [5, 5.41) is 0.135. The third-order valence-electron chi connectivity index (χ3n) is 2.32. The normalized spacial score (nSPS) is 10.5. The Balaban J connectivity index is 2.85. The molecule has 0 saturated heterocycles. The van der Waals surface area contributed by atoms with E-state index in [-0.39, 0.29) is 16.6 Å². The minimum Gasteiger partial charge on any atom is -0.465 e. The lowest BCUT2D eigenvalue weighted by atomic mass is 10.1. The Bertz CT molecular complexity index is 714. The molecule has 88 valence electrons. The van der Waals surface area contributed by atoms with Crippen molar-refractivity contribution in [1.29, 1.82) is 0 Å². The van der Waals surface area contributed by atoms with Crippen LogP contribution in [0.2, 0.25) is 0 Å². The second-order valence-electron chi connectivity index (χ2n) is 3.42. The van der Waals surface area contributed by atoms with Crippen LogP contribution in [-0.2, 0) is 4.74 Å². The van der Waals surface area contributed by atoms with Crippen molar-refractivity contribution in [2.45, 2.75) is 6.92 Å². The molecule has 0 saturated carbocycles. The summed E-state index contributed by atoms with van der Waals surface area (Å²) >= 11 is 0. The number of ether oxygens (including phenoxy) is 1. The number of hydrogen-bond acceptors (Lipinski definition) is 5. The van der Waals surface area contributed by atoms with E-state index in [0.29, 0.717) is 5.69 Å². The molecule has 0 aromatic carbocycles. The van der Waals surface area contributed by atoms with E-state index in [1.54, 1.807) is 6.92 Å². The van der Waals surface area contributed by atoms with Gasteiger partial charge in [-0.15, -0.1) is 0 Å². The van der Waals surface area contributed by atoms with E-state index < -0.39 is 17.2 Å². The lowest BCUT2D eigenvalue weighted by Gasteiger charge is -2.04. The van der Waals surface area contributed by atoms with Crippen molar-refractivity contribution in [3.63, 3.8) is 0 Å². The predicted octanol–water partition coefficient (Wildman–Crippen LogP) is -0.294. The number of carbonyl (C=O) groups is 1. The van der Waals surface area contributed by atoms with E-state index in [1.807, 2.05) is 0 Å². The molecular weight excluding hydrogens is 226 g/mol. The van der Waals surface area contributed by atoms with E-state index >= 15 is 0 Å². The van der Waals surface area contributed by atoms with Crippen molar-refractivity contribution in [2.75, 3.05) is 7.11 Å². The lowest BCUT2D eigenvalue weighted by molar-refractivity contribution is 0.0599. The van der Waals surface area contributed by atoms with Crippen LogP contribution in [0.4, 0.5) is 0 Å². The summed E-state index contributed by atoms with van der Waals surface area (Å²) in [4.78, 5) is 42.4. The highest BCUT2D eigenvalue weighted by Gasteiger charge is 2.13. The first-order valence-electron chi connectivity index (χ1n) is 4.75. The molecule has 0 radical (unpaired) electrons. The number of methoxy groups -OCH3 is 1. The van der Waals surface area contributed by atoms with Gasteiger partial charge in [-0.3, -0.25) is 14.8 Å². The number of aromatic amines is 2. The number of pyridine rings is 1. The fraction of sp³-hybridized carbons (Fsp3) is 0.200. The van der Waals surface area contributed by atoms with Gasteiger partial charge in [0, 0.05) is 0 Å². The zero-order valence-electron chi connectivity index (χ0n) is 9.16. The van der Waals surface area contributed by atoms with Gasteiger partial charge in [-0.05, 0) is 13.0 Å². The molecule has 2 rings (SSSR count). The largest absolute Gasteiger partial charge is 0.465 e. The van der Waals surface area contributed by atoms with Gasteiger partial charge in [0.15, 0.2) is 0 Å². The Morgan fingerprint density at radius 1 is 1.35 bits per heavy atom. The van der Waals surface area contributed by atoms with Gasteiger partial charge in [0.2, 0.25) is 0 Å². The molecule has 2 heterocycles. The summed E-state index contributed by atoms with van der Waals surface area (Å²) in [5.41, 5.74) is -0.520. The van der Waals surface area contributed by atoms with Crippen LogP contribution in [0.1, 0.15) is 16.1 Å². The minimum absolute atomic E-state index is 0.135. The SMILES string of the molecule is COC(=O)c1cc2c(=O)[nH]c(=O)[nH]c2nc1C. The molecule has 0 aliphatic heterocycles. The van der Waals surface area contributed by atoms with Gasteiger partial charge >= 0.3 is 11.7 Å². The quantitative estimate of drug-likeness (QED) is 0.660. The molecule has 7 nitrogen and oxygen atoms in total. The Kier molecular flexibility index (Phi) is 2.51. The van der Waals surface area contributed by atoms with E-state index in [2.05, 4.69) is 19.7 Å². The molecular formula is C10H9N3O4. The second kappa shape index (κ2) is 3.85. The van der Waals surface area contributed by atoms with Crippen LogP contribution in [0.3, 0.4) is 0 Å². The van der Waals surface area contributed by atoms with Crippen molar-refractivity contribution in [3.8, 4) is 0 Å². The third-order valence-corrected chi connectivity index (χ3v) is 2.32. The van der Waals surface area contributed by atoms with Crippen LogP contribution >= 0.6 is 0 Å². The van der Waals surface area contributed by atoms with Crippen LogP contribution in [0.25, 0.3) is 11.0 Å². The lowest BCUT2D eigenvalue weighted by Crippen LogP contribution is -2.23. The summed E-state index contributed by atoms with van der Waals surface area (Å²) in [5.74, 6) is -0.581. The van der Waals surface area contributed by atoms with Gasteiger partial charge < -0.3 is 4.74 Å². The Hall–Kier alpha value is -2.44. The molecule has 0 atom stereocenters. The van der Waals surface area contributed by atoms with Gasteiger partial charge in [-0.25, -0.2) is 14.6 Å². The van der Waals surface area contributed by atoms with Gasteiger partial charge in [0.25, 0.3) is 5.56 Å². The molecule has 2 aromatic rings. The number of H-pyrrole nitrogens is 2. The van der Waals surface area contributed by atoms with E-state index in [0.717, 1.165) is 0 Å². The van der Waals surface area contributed by atoms with Crippen LogP contribution < -0.4 is 11.2 Å². The Morgan fingerprint density at radius 2 is 2.06 bits per heavy atom. The molecule has 0 aliphatic rings. The highest BCUT2D eigenvalue weighted by atomic mass is 16.5. The van der Waals surface area contributed by atoms with Gasteiger partial charge in [0.05, 0.1) is 23.8 Å². The van der Waals surface area contributed by atoms with E-state index in [9.17, 15) is 14.4 Å². The molecule has 0 amide bonds. The first kappa shape index (κ1) is 11.1. The van der Waals surface area contributed by atoms with Gasteiger partial charge in [-0.1, -0.05) is 0 Å². The zero-order chi connectivity index (χ0) is 12.6. The van der Waals surface area contributed by atoms with Crippen molar-refractivity contribution >= 4 is 17.0 Å². The number of rotatable bonds is 1. The number of aryl methyl sites for hydroxylation is 1. The number of hydrogen-bond donors (Lipinski definition) is 2. The molecule has 17 heavy (non-hydrogen) atoms. The number of nitrogens with zero attached hydrogens (tertiary/aromatic N) is 1. The highest BCUT2D eigenvalue weighted by molar-refractivity contribution is 5.94. The smallest absolute Gasteiger partial charge is 0.339 e. The molecule has 0 fully saturated rings. The van der Waals surface area contributed by atoms with Crippen LogP contribution in [0, 0.1) is 6.92 Å². The fourth-order valence-electron chi connectivity index (χ4n) is 1.50. The predicted molar refractivity (Wildman–Crippen MR) is 59.1 cm³/mol. The summed E-state index contributed by atoms with van der Waals surface area (Å²) in [6.45, 7) is 1.59. The van der Waals surface area contributed by atoms with Crippen LogP contribution in [-0.4, -0.2) is 28.0 Å². The Labute approximate surface area is 94.5 Å². The third kappa shape index (κ3) is 1.82. The monoisotopic (exact) mass is 235 g/mol. The molecule has 0 aliphatic carbocycles. The summed E-state index contributed by atoms with van der Waals surface area (Å²) in [6.07, 6.45) is 0. The van der Waals surface area contributed by atoms with Gasteiger partial charge in [0.1, 0.15) is 5.65 Å².